The van der Waals surface area contributed by atoms with Crippen LogP contribution < -0.4 is 20.1 Å². The maximum Gasteiger partial charge on any atom is 0.229 e. The van der Waals surface area contributed by atoms with Gasteiger partial charge in [0, 0.05) is 17.4 Å². The Morgan fingerprint density at radius 2 is 1.61 bits per heavy atom. The average Bonchev–Trinajstić information content (AvgIpc) is 2.68. The number of nitrogens with zero attached hydrogens (tertiary/aromatic N) is 2. The first kappa shape index (κ1) is 19.5. The predicted octanol–water partition coefficient (Wildman–Crippen LogP) is 4.64. The van der Waals surface area contributed by atoms with Crippen LogP contribution in [-0.4, -0.2) is 30.2 Å². The topological polar surface area (TPSA) is 68.3 Å². The van der Waals surface area contributed by atoms with Crippen molar-refractivity contribution in [2.45, 2.75) is 20.8 Å². The zero-order chi connectivity index (χ0) is 19.9. The molecular weight excluding hydrogens is 352 g/mol. The van der Waals surface area contributed by atoms with Gasteiger partial charge in [0.1, 0.15) is 23.9 Å². The van der Waals surface area contributed by atoms with E-state index in [2.05, 4.69) is 46.6 Å². The lowest BCUT2D eigenvalue weighted by atomic mass is 10.1. The van der Waals surface area contributed by atoms with Crippen LogP contribution in [-0.2, 0) is 0 Å². The van der Waals surface area contributed by atoms with Crippen LogP contribution in [0.2, 0.25) is 0 Å². The quantitative estimate of drug-likeness (QED) is 0.556. The molecule has 1 heterocycles. The van der Waals surface area contributed by atoms with Gasteiger partial charge in [-0.25, -0.2) is 4.98 Å². The molecule has 0 spiro atoms. The van der Waals surface area contributed by atoms with Crippen LogP contribution in [0, 0.1) is 20.8 Å². The molecule has 0 radical (unpaired) electrons. The highest BCUT2D eigenvalue weighted by Gasteiger charge is 2.04. The number of hydrogen-bond acceptors (Lipinski definition) is 6. The van der Waals surface area contributed by atoms with Crippen LogP contribution in [0.15, 0.2) is 48.5 Å². The summed E-state index contributed by atoms with van der Waals surface area (Å²) < 4.78 is 10.9. The van der Waals surface area contributed by atoms with Gasteiger partial charge < -0.3 is 20.1 Å². The highest BCUT2D eigenvalue weighted by molar-refractivity contribution is 5.57. The second-order valence-electron chi connectivity index (χ2n) is 6.59. The fraction of sp³-hybridized carbons (Fsp3) is 0.273. The molecule has 0 bridgehead atoms. The number of aryl methyl sites for hydroxylation is 3. The molecule has 0 aliphatic heterocycles. The van der Waals surface area contributed by atoms with Crippen molar-refractivity contribution in [2.24, 2.45) is 0 Å². The molecule has 2 aromatic carbocycles. The maximum atomic E-state index is 5.73. The van der Waals surface area contributed by atoms with Crippen LogP contribution in [0.25, 0.3) is 0 Å². The first-order valence-electron chi connectivity index (χ1n) is 9.24. The molecule has 0 saturated carbocycles. The maximum absolute atomic E-state index is 5.73. The Kier molecular flexibility index (Phi) is 6.32. The van der Waals surface area contributed by atoms with Crippen LogP contribution >= 0.6 is 0 Å². The summed E-state index contributed by atoms with van der Waals surface area (Å²) in [5.41, 5.74) is 4.35. The molecule has 146 valence electrons. The van der Waals surface area contributed by atoms with Crippen molar-refractivity contribution in [3.05, 3.63) is 65.4 Å². The summed E-state index contributed by atoms with van der Waals surface area (Å²) in [5, 5.41) is 6.56. The monoisotopic (exact) mass is 378 g/mol. The summed E-state index contributed by atoms with van der Waals surface area (Å²) in [4.78, 5) is 9.01. The van der Waals surface area contributed by atoms with Gasteiger partial charge in [-0.2, -0.15) is 4.98 Å². The number of anilines is 3. The Morgan fingerprint density at radius 3 is 2.32 bits per heavy atom. The number of rotatable bonds is 8. The minimum Gasteiger partial charge on any atom is -0.497 e. The van der Waals surface area contributed by atoms with Gasteiger partial charge in [0.25, 0.3) is 0 Å². The van der Waals surface area contributed by atoms with Gasteiger partial charge in [0.15, 0.2) is 0 Å². The lowest BCUT2D eigenvalue weighted by Gasteiger charge is -2.12. The lowest BCUT2D eigenvalue weighted by Crippen LogP contribution is -2.13. The Balaban J connectivity index is 1.55. The van der Waals surface area contributed by atoms with Crippen LogP contribution in [0.1, 0.15) is 16.8 Å². The second kappa shape index (κ2) is 9.08. The van der Waals surface area contributed by atoms with E-state index in [0.29, 0.717) is 19.1 Å². The Bertz CT molecular complexity index is 926. The molecule has 6 heteroatoms. The van der Waals surface area contributed by atoms with Crippen molar-refractivity contribution in [2.75, 3.05) is 30.9 Å². The van der Waals surface area contributed by atoms with Gasteiger partial charge in [-0.15, -0.1) is 0 Å². The average molecular weight is 378 g/mol. The number of nitrogens with one attached hydrogen (secondary N) is 2. The van der Waals surface area contributed by atoms with Crippen molar-refractivity contribution < 1.29 is 9.47 Å². The molecule has 0 aliphatic rings. The van der Waals surface area contributed by atoms with E-state index in [-0.39, 0.29) is 0 Å². The highest BCUT2D eigenvalue weighted by atomic mass is 16.5. The molecule has 0 fully saturated rings. The molecule has 0 amide bonds. The SMILES string of the molecule is COc1ccc(OCCNc2cc(C)nc(Nc3ccc(C)c(C)c3)n2)cc1. The fourth-order valence-corrected chi connectivity index (χ4v) is 2.68. The molecule has 0 atom stereocenters. The van der Waals surface area contributed by atoms with Gasteiger partial charge in [-0.3, -0.25) is 0 Å². The standard InChI is InChI=1S/C22H26N4O2/c1-15-5-6-18(13-16(15)2)25-22-24-17(3)14-21(26-22)23-11-12-28-20-9-7-19(27-4)8-10-20/h5-10,13-14H,11-12H2,1-4H3,(H2,23,24,25,26). The number of aromatic nitrogens is 2. The van der Waals surface area contributed by atoms with Crippen molar-refractivity contribution in [3.63, 3.8) is 0 Å². The Labute approximate surface area is 166 Å². The van der Waals surface area contributed by atoms with E-state index < -0.39 is 0 Å². The van der Waals surface area contributed by atoms with E-state index in [1.165, 1.54) is 11.1 Å². The van der Waals surface area contributed by atoms with E-state index in [1.807, 2.05) is 43.3 Å². The lowest BCUT2D eigenvalue weighted by molar-refractivity contribution is 0.331. The zero-order valence-corrected chi connectivity index (χ0v) is 16.7. The van der Waals surface area contributed by atoms with E-state index in [1.54, 1.807) is 7.11 Å². The fourth-order valence-electron chi connectivity index (χ4n) is 2.68. The molecular formula is C22H26N4O2. The number of ether oxygens (including phenoxy) is 2. The van der Waals surface area contributed by atoms with E-state index in [4.69, 9.17) is 9.47 Å². The van der Waals surface area contributed by atoms with Crippen LogP contribution in [0.4, 0.5) is 17.5 Å². The third-order valence-electron chi connectivity index (χ3n) is 4.35. The number of benzene rings is 2. The van der Waals surface area contributed by atoms with Crippen LogP contribution in [0.3, 0.4) is 0 Å². The van der Waals surface area contributed by atoms with E-state index in [0.717, 1.165) is 28.7 Å². The summed E-state index contributed by atoms with van der Waals surface area (Å²) in [5.74, 6) is 2.95. The third-order valence-corrected chi connectivity index (χ3v) is 4.35. The first-order valence-corrected chi connectivity index (χ1v) is 9.24. The molecule has 0 aliphatic carbocycles. The molecule has 6 nitrogen and oxygen atoms in total. The van der Waals surface area contributed by atoms with Gasteiger partial charge in [-0.1, -0.05) is 6.07 Å². The van der Waals surface area contributed by atoms with E-state index in [9.17, 15) is 0 Å². The minimum absolute atomic E-state index is 0.523. The first-order chi connectivity index (χ1) is 13.5. The molecule has 1 aromatic heterocycles. The Morgan fingerprint density at radius 1 is 0.857 bits per heavy atom. The van der Waals surface area contributed by atoms with Gasteiger partial charge in [0.05, 0.1) is 13.7 Å². The van der Waals surface area contributed by atoms with Crippen molar-refractivity contribution in [3.8, 4) is 11.5 Å². The van der Waals surface area contributed by atoms with Crippen molar-refractivity contribution in [1.82, 2.24) is 9.97 Å². The highest BCUT2D eigenvalue weighted by Crippen LogP contribution is 2.19. The summed E-state index contributed by atoms with van der Waals surface area (Å²) in [6.45, 7) is 7.29. The molecule has 3 aromatic rings. The third kappa shape index (κ3) is 5.36. The summed E-state index contributed by atoms with van der Waals surface area (Å²) in [6.07, 6.45) is 0. The van der Waals surface area contributed by atoms with Crippen LogP contribution in [0.5, 0.6) is 11.5 Å². The summed E-state index contributed by atoms with van der Waals surface area (Å²) in [6, 6.07) is 15.7. The number of methoxy groups -OCH3 is 1. The molecule has 3 rings (SSSR count). The predicted molar refractivity (Wildman–Crippen MR) is 113 cm³/mol. The van der Waals surface area contributed by atoms with E-state index >= 15 is 0 Å². The largest absolute Gasteiger partial charge is 0.497 e. The molecule has 0 saturated heterocycles. The summed E-state index contributed by atoms with van der Waals surface area (Å²) in [7, 11) is 1.65. The number of hydrogen-bond donors (Lipinski definition) is 2. The van der Waals surface area contributed by atoms with Gasteiger partial charge >= 0.3 is 0 Å². The molecule has 0 unspecified atom stereocenters. The van der Waals surface area contributed by atoms with Crippen molar-refractivity contribution >= 4 is 17.5 Å². The second-order valence-corrected chi connectivity index (χ2v) is 6.59. The molecule has 2 N–H and O–H groups in total. The van der Waals surface area contributed by atoms with Crippen molar-refractivity contribution in [1.29, 1.82) is 0 Å². The van der Waals surface area contributed by atoms with Gasteiger partial charge in [0.2, 0.25) is 5.95 Å². The zero-order valence-electron chi connectivity index (χ0n) is 16.7. The normalized spacial score (nSPS) is 10.4. The smallest absolute Gasteiger partial charge is 0.229 e. The van der Waals surface area contributed by atoms with Gasteiger partial charge in [-0.05, 0) is 68.3 Å². The Hall–Kier alpha value is -3.28. The summed E-state index contributed by atoms with van der Waals surface area (Å²) >= 11 is 0. The molecule has 28 heavy (non-hydrogen) atoms. The minimum atomic E-state index is 0.523.